The molecule has 0 saturated heterocycles. The molecule has 0 bridgehead atoms. The van der Waals surface area contributed by atoms with E-state index in [0.29, 0.717) is 0 Å². The second-order valence-corrected chi connectivity index (χ2v) is 19.4. The van der Waals surface area contributed by atoms with E-state index in [1.165, 1.54) is 70.2 Å². The van der Waals surface area contributed by atoms with Crippen molar-refractivity contribution in [2.24, 2.45) is 0 Å². The van der Waals surface area contributed by atoms with Crippen LogP contribution in [0.2, 0.25) is 0 Å². The number of para-hydroxylation sites is 1. The highest BCUT2D eigenvalue weighted by atomic mass is 32.1. The Kier molecular flexibility index (Phi) is 9.33. The molecule has 0 N–H and O–H groups in total. The molecule has 0 radical (unpaired) electrons. The summed E-state index contributed by atoms with van der Waals surface area (Å²) in [6, 6.07) is 95.5. The minimum Gasteiger partial charge on any atom is -0.456 e. The predicted octanol–water partition coefficient (Wildman–Crippen LogP) is 18.8. The fourth-order valence-corrected chi connectivity index (χ4v) is 12.6. The van der Waals surface area contributed by atoms with E-state index in [4.69, 9.17) is 4.42 Å². The smallest absolute Gasteiger partial charge is 0.136 e. The molecule has 11 aromatic carbocycles. The highest BCUT2D eigenvalue weighted by Crippen LogP contribution is 2.57. The molecule has 70 heavy (non-hydrogen) atoms. The Morgan fingerprint density at radius 2 is 0.871 bits per heavy atom. The van der Waals surface area contributed by atoms with Gasteiger partial charge in [0.25, 0.3) is 0 Å². The molecule has 2 aromatic heterocycles. The molecule has 0 fully saturated rings. The molecule has 2 nitrogen and oxygen atoms in total. The SMILES string of the molecule is c1ccc(C2(c3ccccc3)c3ccccc3-c3cc(-c4cccc(N(c5ccc(-c6ccc7c(c6)sc6ccccc67)cc5)c5ccc(-c6cccc7oc8ccccc8c67)cc5)c4)ccc32)cc1. The van der Waals surface area contributed by atoms with Gasteiger partial charge in [-0.2, -0.15) is 0 Å². The molecule has 13 aromatic rings. The highest BCUT2D eigenvalue weighted by Gasteiger charge is 2.46. The average molecular weight is 910 g/mol. The van der Waals surface area contributed by atoms with E-state index in [-0.39, 0.29) is 0 Å². The van der Waals surface area contributed by atoms with Crippen molar-refractivity contribution in [3.8, 4) is 44.5 Å². The number of anilines is 3. The lowest BCUT2D eigenvalue weighted by molar-refractivity contribution is 0.669. The van der Waals surface area contributed by atoms with Crippen LogP contribution >= 0.6 is 11.3 Å². The van der Waals surface area contributed by atoms with E-state index < -0.39 is 5.41 Å². The van der Waals surface area contributed by atoms with Crippen molar-refractivity contribution in [1.82, 2.24) is 0 Å². The van der Waals surface area contributed by atoms with Crippen molar-refractivity contribution in [2.45, 2.75) is 5.41 Å². The van der Waals surface area contributed by atoms with Crippen molar-refractivity contribution in [3.63, 3.8) is 0 Å². The zero-order valence-electron chi connectivity index (χ0n) is 38.1. The molecular formula is C67H43NOS. The highest BCUT2D eigenvalue weighted by molar-refractivity contribution is 7.25. The summed E-state index contributed by atoms with van der Waals surface area (Å²) in [6.45, 7) is 0. The molecule has 0 unspecified atom stereocenters. The van der Waals surface area contributed by atoms with Crippen LogP contribution in [0.5, 0.6) is 0 Å². The van der Waals surface area contributed by atoms with Crippen LogP contribution in [0, 0.1) is 0 Å². The Labute approximate surface area is 410 Å². The number of hydrogen-bond donors (Lipinski definition) is 0. The van der Waals surface area contributed by atoms with Crippen molar-refractivity contribution in [3.05, 3.63) is 283 Å². The zero-order chi connectivity index (χ0) is 46.2. The number of furan rings is 1. The molecule has 0 saturated carbocycles. The summed E-state index contributed by atoms with van der Waals surface area (Å²) in [5.41, 5.74) is 19.3. The standard InChI is InChI=1S/C67H43NOS/c1-3-16-49(17-4-1)67(50-18-5-2-6-19-50)60-25-10-7-21-55(60)59-42-47(34-40-61(59)67)46-15-13-20-53(41-46)68(51-35-29-44(30-36-51)48-33-39-57-56-22-9-12-28-64(56)70-65(57)43-48)52-37-31-45(32-38-52)54-24-14-27-63-66(54)58-23-8-11-26-62(58)69-63/h1-43H. The number of rotatable bonds is 8. The van der Waals surface area contributed by atoms with E-state index in [9.17, 15) is 0 Å². The van der Waals surface area contributed by atoms with Crippen LogP contribution in [0.1, 0.15) is 22.3 Å². The molecule has 0 amide bonds. The van der Waals surface area contributed by atoms with Gasteiger partial charge in [0.15, 0.2) is 0 Å². The van der Waals surface area contributed by atoms with E-state index in [2.05, 4.69) is 254 Å². The Morgan fingerprint density at radius 3 is 1.66 bits per heavy atom. The quantitative estimate of drug-likeness (QED) is 0.151. The number of nitrogens with zero attached hydrogens (tertiary/aromatic N) is 1. The second-order valence-electron chi connectivity index (χ2n) is 18.4. The third-order valence-electron chi connectivity index (χ3n) is 14.6. The summed E-state index contributed by atoms with van der Waals surface area (Å²) in [7, 11) is 0. The fourth-order valence-electron chi connectivity index (χ4n) is 11.4. The van der Waals surface area contributed by atoms with Crippen LogP contribution < -0.4 is 4.90 Å². The molecule has 0 atom stereocenters. The van der Waals surface area contributed by atoms with Gasteiger partial charge in [-0.05, 0) is 133 Å². The van der Waals surface area contributed by atoms with Gasteiger partial charge in [-0.3, -0.25) is 0 Å². The lowest BCUT2D eigenvalue weighted by Gasteiger charge is -2.33. The third-order valence-corrected chi connectivity index (χ3v) is 15.7. The molecule has 3 heteroatoms. The van der Waals surface area contributed by atoms with Crippen LogP contribution in [0.4, 0.5) is 17.1 Å². The van der Waals surface area contributed by atoms with Crippen molar-refractivity contribution < 1.29 is 4.42 Å². The maximum absolute atomic E-state index is 6.30. The first-order valence-electron chi connectivity index (χ1n) is 24.0. The zero-order valence-corrected chi connectivity index (χ0v) is 38.9. The summed E-state index contributed by atoms with van der Waals surface area (Å²) in [6.07, 6.45) is 0. The lowest BCUT2D eigenvalue weighted by atomic mass is 9.67. The first kappa shape index (κ1) is 40.3. The first-order chi connectivity index (χ1) is 34.7. The number of benzene rings is 11. The Hall–Kier alpha value is -8.76. The van der Waals surface area contributed by atoms with Gasteiger partial charge in [0.1, 0.15) is 11.2 Å². The van der Waals surface area contributed by atoms with Crippen LogP contribution in [0.15, 0.2) is 265 Å². The normalized spacial score (nSPS) is 12.7. The van der Waals surface area contributed by atoms with Crippen LogP contribution in [-0.2, 0) is 5.41 Å². The van der Waals surface area contributed by atoms with Gasteiger partial charge in [-0.25, -0.2) is 0 Å². The van der Waals surface area contributed by atoms with E-state index >= 15 is 0 Å². The van der Waals surface area contributed by atoms with Crippen LogP contribution in [0.3, 0.4) is 0 Å². The van der Waals surface area contributed by atoms with Crippen LogP contribution in [0.25, 0.3) is 86.6 Å². The van der Waals surface area contributed by atoms with Gasteiger partial charge in [0, 0.05) is 48.0 Å². The Morgan fingerprint density at radius 1 is 0.314 bits per heavy atom. The molecule has 1 aliphatic carbocycles. The maximum atomic E-state index is 6.30. The second kappa shape index (κ2) is 16.2. The van der Waals surface area contributed by atoms with E-state index in [0.717, 1.165) is 55.7 Å². The predicted molar refractivity (Wildman–Crippen MR) is 295 cm³/mol. The van der Waals surface area contributed by atoms with Crippen molar-refractivity contribution >= 4 is 70.5 Å². The van der Waals surface area contributed by atoms with Gasteiger partial charge in [0.2, 0.25) is 0 Å². The molecule has 0 aliphatic heterocycles. The van der Waals surface area contributed by atoms with Gasteiger partial charge >= 0.3 is 0 Å². The van der Waals surface area contributed by atoms with E-state index in [1.54, 1.807) is 0 Å². The van der Waals surface area contributed by atoms with Gasteiger partial charge in [-0.1, -0.05) is 194 Å². The van der Waals surface area contributed by atoms with Crippen LogP contribution in [-0.4, -0.2) is 0 Å². The number of fused-ring (bicyclic) bond motifs is 9. The largest absolute Gasteiger partial charge is 0.456 e. The van der Waals surface area contributed by atoms with Gasteiger partial charge in [0.05, 0.1) is 5.41 Å². The first-order valence-corrected chi connectivity index (χ1v) is 24.8. The lowest BCUT2D eigenvalue weighted by Crippen LogP contribution is -2.28. The van der Waals surface area contributed by atoms with E-state index in [1.807, 2.05) is 23.5 Å². The Balaban J connectivity index is 0.887. The molecule has 1 aliphatic rings. The number of hydrogen-bond acceptors (Lipinski definition) is 3. The molecule has 0 spiro atoms. The molecule has 328 valence electrons. The summed E-state index contributed by atoms with van der Waals surface area (Å²) in [5.74, 6) is 0. The fraction of sp³-hybridized carbons (Fsp3) is 0.0149. The average Bonchev–Trinajstić information content (AvgIpc) is 4.10. The summed E-state index contributed by atoms with van der Waals surface area (Å²) in [5, 5.41) is 4.90. The third kappa shape index (κ3) is 6.32. The van der Waals surface area contributed by atoms with Gasteiger partial charge < -0.3 is 9.32 Å². The summed E-state index contributed by atoms with van der Waals surface area (Å²) < 4.78 is 8.93. The van der Waals surface area contributed by atoms with Crippen molar-refractivity contribution in [1.29, 1.82) is 0 Å². The van der Waals surface area contributed by atoms with Crippen molar-refractivity contribution in [2.75, 3.05) is 4.90 Å². The minimum atomic E-state index is -0.441. The monoisotopic (exact) mass is 909 g/mol. The molecular weight excluding hydrogens is 867 g/mol. The molecule has 14 rings (SSSR count). The maximum Gasteiger partial charge on any atom is 0.136 e. The summed E-state index contributed by atoms with van der Waals surface area (Å²) >= 11 is 1.86. The minimum absolute atomic E-state index is 0.441. The topological polar surface area (TPSA) is 16.4 Å². The Bertz CT molecular complexity index is 4070. The summed E-state index contributed by atoms with van der Waals surface area (Å²) in [4.78, 5) is 2.39. The number of thiophene rings is 1. The van der Waals surface area contributed by atoms with Gasteiger partial charge in [-0.15, -0.1) is 11.3 Å². The molecule has 2 heterocycles.